The van der Waals surface area contributed by atoms with Crippen LogP contribution in [0, 0.1) is 0 Å². The Kier molecular flexibility index (Phi) is 7.66. The van der Waals surface area contributed by atoms with E-state index in [1.165, 1.54) is 21.1 Å². The third-order valence-corrected chi connectivity index (χ3v) is 2.84. The summed E-state index contributed by atoms with van der Waals surface area (Å²) in [5.41, 5.74) is -0.929. The van der Waals surface area contributed by atoms with E-state index < -0.39 is 29.4 Å². The van der Waals surface area contributed by atoms with Crippen molar-refractivity contribution >= 4 is 29.5 Å². The minimum Gasteiger partial charge on any atom is -0.451 e. The summed E-state index contributed by atoms with van der Waals surface area (Å²) in [6.45, 7) is 2.37. The van der Waals surface area contributed by atoms with Crippen LogP contribution in [0.3, 0.4) is 0 Å². The molecule has 11 nitrogen and oxygen atoms in total. The van der Waals surface area contributed by atoms with Gasteiger partial charge < -0.3 is 14.9 Å². The lowest BCUT2D eigenvalue weighted by Crippen LogP contribution is -2.65. The van der Waals surface area contributed by atoms with Gasteiger partial charge in [0.15, 0.2) is 0 Å². The number of oxime groups is 1. The number of carbonyl (C=O) groups is 4. The van der Waals surface area contributed by atoms with E-state index in [1.54, 1.807) is 5.48 Å². The highest BCUT2D eigenvalue weighted by Gasteiger charge is 2.54. The highest BCUT2D eigenvalue weighted by molar-refractivity contribution is 6.29. The lowest BCUT2D eigenvalue weighted by atomic mass is 9.95. The number of nitrogens with zero attached hydrogens (tertiary/aromatic N) is 2. The summed E-state index contributed by atoms with van der Waals surface area (Å²) in [5, 5.41) is 5.72. The van der Waals surface area contributed by atoms with Gasteiger partial charge >= 0.3 is 6.09 Å². The van der Waals surface area contributed by atoms with Gasteiger partial charge in [-0.2, -0.15) is 5.48 Å². The molecule has 0 aromatic carbocycles. The minimum absolute atomic E-state index is 0.256. The van der Waals surface area contributed by atoms with E-state index in [1.807, 2.05) is 0 Å². The topological polar surface area (TPSA) is 136 Å². The van der Waals surface area contributed by atoms with Crippen LogP contribution in [0.1, 0.15) is 13.8 Å². The number of hydroxylamine groups is 1. The summed E-state index contributed by atoms with van der Waals surface area (Å²) in [5.74, 6) is -2.72. The number of amides is 4. The largest absolute Gasteiger partial charge is 0.451 e. The number of carbonyl (C=O) groups excluding carboxylic acids is 4. The van der Waals surface area contributed by atoms with Crippen molar-refractivity contribution in [3.63, 3.8) is 0 Å². The van der Waals surface area contributed by atoms with Gasteiger partial charge in [-0.1, -0.05) is 5.16 Å². The average molecular weight is 332 g/mol. The van der Waals surface area contributed by atoms with Gasteiger partial charge in [0.1, 0.15) is 12.8 Å². The van der Waals surface area contributed by atoms with Crippen molar-refractivity contribution in [3.05, 3.63) is 0 Å². The molecule has 2 N–H and O–H groups in total. The molecule has 4 amide bonds. The van der Waals surface area contributed by atoms with Crippen LogP contribution in [-0.2, 0) is 28.8 Å². The third-order valence-electron chi connectivity index (χ3n) is 2.84. The van der Waals surface area contributed by atoms with Gasteiger partial charge in [0.25, 0.3) is 17.4 Å². The second kappa shape index (κ2) is 8.68. The van der Waals surface area contributed by atoms with E-state index in [2.05, 4.69) is 20.0 Å². The van der Waals surface area contributed by atoms with Gasteiger partial charge in [-0.3, -0.25) is 19.3 Å². The standard InChI is InChI=1S/C12H20N4O7/c1-7(14-22-6)12(9(18)13-3,23-15-11(20)21-5)10(19)16(4)8(2)17/h1-6H3,(H,13,18)(H,15,20)/b14-7+. The Labute approximate surface area is 132 Å². The molecule has 0 aliphatic rings. The Morgan fingerprint density at radius 1 is 1.13 bits per heavy atom. The molecule has 23 heavy (non-hydrogen) atoms. The maximum atomic E-state index is 12.6. The predicted molar refractivity (Wildman–Crippen MR) is 77.0 cm³/mol. The minimum atomic E-state index is -2.46. The van der Waals surface area contributed by atoms with Crippen LogP contribution >= 0.6 is 0 Å². The number of imide groups is 1. The zero-order valence-electron chi connectivity index (χ0n) is 13.8. The fourth-order valence-corrected chi connectivity index (χ4v) is 1.50. The predicted octanol–water partition coefficient (Wildman–Crippen LogP) is -1.21. The quantitative estimate of drug-likeness (QED) is 0.354. The number of methoxy groups -OCH3 is 1. The zero-order chi connectivity index (χ0) is 18.2. The summed E-state index contributed by atoms with van der Waals surface area (Å²) in [7, 11) is 4.62. The maximum absolute atomic E-state index is 12.6. The molecule has 0 aromatic rings. The van der Waals surface area contributed by atoms with Crippen molar-refractivity contribution in [2.45, 2.75) is 19.4 Å². The van der Waals surface area contributed by atoms with Crippen LogP contribution < -0.4 is 10.8 Å². The first-order valence-corrected chi connectivity index (χ1v) is 6.30. The second-order valence-corrected chi connectivity index (χ2v) is 4.20. The van der Waals surface area contributed by atoms with E-state index in [0.717, 1.165) is 21.1 Å². The first kappa shape index (κ1) is 20.3. The molecule has 0 aliphatic heterocycles. The third kappa shape index (κ3) is 4.39. The molecule has 0 spiro atoms. The number of ether oxygens (including phenoxy) is 1. The first-order chi connectivity index (χ1) is 10.7. The molecule has 0 aromatic heterocycles. The summed E-state index contributed by atoms with van der Waals surface area (Å²) in [6, 6.07) is 0. The smallest absolute Gasteiger partial charge is 0.431 e. The lowest BCUT2D eigenvalue weighted by molar-refractivity contribution is -0.166. The number of likely N-dealkylation sites (N-methyl/N-ethyl adjacent to an activating group) is 2. The van der Waals surface area contributed by atoms with E-state index in [4.69, 9.17) is 4.84 Å². The lowest BCUT2D eigenvalue weighted by Gasteiger charge is -2.31. The Morgan fingerprint density at radius 2 is 1.70 bits per heavy atom. The monoisotopic (exact) mass is 332 g/mol. The van der Waals surface area contributed by atoms with E-state index in [-0.39, 0.29) is 5.71 Å². The zero-order valence-corrected chi connectivity index (χ0v) is 13.8. The molecule has 0 radical (unpaired) electrons. The molecule has 0 fully saturated rings. The molecule has 1 unspecified atom stereocenters. The Hall–Kier alpha value is -2.69. The summed E-state index contributed by atoms with van der Waals surface area (Å²) < 4.78 is 4.32. The van der Waals surface area contributed by atoms with Crippen molar-refractivity contribution in [1.82, 2.24) is 15.7 Å². The van der Waals surface area contributed by atoms with Crippen molar-refractivity contribution < 1.29 is 33.6 Å². The molecule has 0 saturated carbocycles. The SMILES string of the molecule is CNC(=O)C(ONC(=O)OC)(C(=O)N(C)C(C)=O)/C(C)=N/OC. The van der Waals surface area contributed by atoms with Gasteiger partial charge in [0.2, 0.25) is 5.91 Å². The molecule has 1 atom stereocenters. The van der Waals surface area contributed by atoms with E-state index in [0.29, 0.717) is 4.90 Å². The summed E-state index contributed by atoms with van der Waals surface area (Å²) in [6.07, 6.45) is -1.07. The summed E-state index contributed by atoms with van der Waals surface area (Å²) >= 11 is 0. The van der Waals surface area contributed by atoms with Gasteiger partial charge in [0, 0.05) is 21.0 Å². The molecule has 0 bridgehead atoms. The number of nitrogens with one attached hydrogen (secondary N) is 2. The molecule has 130 valence electrons. The van der Waals surface area contributed by atoms with Crippen LogP contribution in [0.15, 0.2) is 5.16 Å². The number of hydrogen-bond acceptors (Lipinski definition) is 8. The Balaban J connectivity index is 6.09. The molecule has 0 aliphatic carbocycles. The van der Waals surface area contributed by atoms with Crippen LogP contribution in [0.2, 0.25) is 0 Å². The van der Waals surface area contributed by atoms with Crippen LogP contribution in [0.5, 0.6) is 0 Å². The molecule has 0 rings (SSSR count). The maximum Gasteiger partial charge on any atom is 0.431 e. The molecular weight excluding hydrogens is 312 g/mol. The van der Waals surface area contributed by atoms with Gasteiger partial charge in [-0.25, -0.2) is 9.63 Å². The van der Waals surface area contributed by atoms with E-state index >= 15 is 0 Å². The Bertz CT molecular complexity index is 520. The van der Waals surface area contributed by atoms with Crippen molar-refractivity contribution in [1.29, 1.82) is 0 Å². The number of rotatable bonds is 6. The fraction of sp³-hybridized carbons (Fsp3) is 0.583. The highest BCUT2D eigenvalue weighted by atomic mass is 16.7. The van der Waals surface area contributed by atoms with Gasteiger partial charge in [-0.15, -0.1) is 0 Å². The number of hydrogen-bond donors (Lipinski definition) is 2. The Morgan fingerprint density at radius 3 is 2.09 bits per heavy atom. The molecule has 0 saturated heterocycles. The highest BCUT2D eigenvalue weighted by Crippen LogP contribution is 2.18. The molecular formula is C12H20N4O7. The van der Waals surface area contributed by atoms with Gasteiger partial charge in [0.05, 0.1) is 7.11 Å². The van der Waals surface area contributed by atoms with Crippen LogP contribution in [0.25, 0.3) is 0 Å². The van der Waals surface area contributed by atoms with Crippen LogP contribution in [0.4, 0.5) is 4.79 Å². The molecule has 0 heterocycles. The summed E-state index contributed by atoms with van der Waals surface area (Å²) in [4.78, 5) is 57.8. The normalized spacial score (nSPS) is 13.4. The van der Waals surface area contributed by atoms with Crippen LogP contribution in [-0.4, -0.2) is 68.3 Å². The van der Waals surface area contributed by atoms with E-state index in [9.17, 15) is 19.2 Å². The van der Waals surface area contributed by atoms with Crippen molar-refractivity contribution in [2.24, 2.45) is 5.16 Å². The molecule has 11 heteroatoms. The second-order valence-electron chi connectivity index (χ2n) is 4.20. The fourth-order valence-electron chi connectivity index (χ4n) is 1.50. The van der Waals surface area contributed by atoms with Crippen molar-refractivity contribution in [3.8, 4) is 0 Å². The van der Waals surface area contributed by atoms with Crippen molar-refractivity contribution in [2.75, 3.05) is 28.3 Å². The van der Waals surface area contributed by atoms with Gasteiger partial charge in [-0.05, 0) is 6.92 Å². The average Bonchev–Trinajstić information content (AvgIpc) is 2.53. The first-order valence-electron chi connectivity index (χ1n) is 6.30.